The Morgan fingerprint density at radius 2 is 1.35 bits per heavy atom. The van der Waals surface area contributed by atoms with Gasteiger partial charge in [-0.1, -0.05) is 36.4 Å². The Hall–Kier alpha value is -2.33. The maximum atomic E-state index is 4.29. The number of nitrogens with zero attached hydrogens (tertiary/aromatic N) is 3. The van der Waals surface area contributed by atoms with Gasteiger partial charge in [-0.25, -0.2) is 5.01 Å². The van der Waals surface area contributed by atoms with Crippen molar-refractivity contribution in [2.75, 3.05) is 10.1 Å². The number of hydrazone groups is 1. The zero-order valence-electron chi connectivity index (χ0n) is 9.19. The summed E-state index contributed by atoms with van der Waals surface area (Å²) in [6, 6.07) is 20.0. The highest BCUT2D eigenvalue weighted by Gasteiger charge is 2.15. The number of rotatable bonds is 2. The minimum atomic E-state index is 1.00. The second-order valence-corrected chi connectivity index (χ2v) is 3.68. The van der Waals surface area contributed by atoms with E-state index in [9.17, 15) is 0 Å². The highest BCUT2D eigenvalue weighted by atomic mass is 15.9. The van der Waals surface area contributed by atoms with Crippen LogP contribution in [0.25, 0.3) is 0 Å². The van der Waals surface area contributed by atoms with E-state index in [1.807, 2.05) is 65.7 Å². The first-order valence-electron chi connectivity index (χ1n) is 5.43. The van der Waals surface area contributed by atoms with E-state index in [4.69, 9.17) is 0 Å². The lowest BCUT2D eigenvalue weighted by atomic mass is 10.3. The van der Waals surface area contributed by atoms with Gasteiger partial charge in [-0.3, -0.25) is 0 Å². The quantitative estimate of drug-likeness (QED) is 0.849. The van der Waals surface area contributed by atoms with E-state index in [1.54, 1.807) is 11.5 Å². The third kappa shape index (κ3) is 1.98. The number of hydrazine groups is 2. The third-order valence-electron chi connectivity index (χ3n) is 2.52. The lowest BCUT2D eigenvalue weighted by molar-refractivity contribution is 0.719. The summed E-state index contributed by atoms with van der Waals surface area (Å²) < 4.78 is 0. The summed E-state index contributed by atoms with van der Waals surface area (Å²) in [7, 11) is 0. The fraction of sp³-hybridized carbons (Fsp3) is 0. The van der Waals surface area contributed by atoms with Crippen LogP contribution in [0.2, 0.25) is 0 Å². The molecule has 0 radical (unpaired) electrons. The fourth-order valence-corrected chi connectivity index (χ4v) is 1.66. The molecule has 0 amide bonds. The number of anilines is 2. The smallest absolute Gasteiger partial charge is 0.134 e. The lowest BCUT2D eigenvalue weighted by Crippen LogP contribution is -2.40. The molecule has 1 N–H and O–H groups in total. The molecule has 0 fully saturated rings. The minimum Gasteiger partial charge on any atom is -0.245 e. The van der Waals surface area contributed by atoms with Crippen molar-refractivity contribution >= 4 is 17.7 Å². The number of nitrogens with one attached hydrogen (secondary N) is 1. The third-order valence-corrected chi connectivity index (χ3v) is 2.52. The fourth-order valence-electron chi connectivity index (χ4n) is 1.66. The van der Waals surface area contributed by atoms with Gasteiger partial charge in [0.25, 0.3) is 0 Å². The number of benzene rings is 2. The normalized spacial score (nSPS) is 14.4. The van der Waals surface area contributed by atoms with E-state index >= 15 is 0 Å². The van der Waals surface area contributed by atoms with Gasteiger partial charge in [0.1, 0.15) is 6.34 Å². The molecule has 84 valence electrons. The van der Waals surface area contributed by atoms with Crippen molar-refractivity contribution < 1.29 is 0 Å². The van der Waals surface area contributed by atoms with Crippen molar-refractivity contribution in [3.8, 4) is 0 Å². The summed E-state index contributed by atoms with van der Waals surface area (Å²) in [6.45, 7) is 0. The van der Waals surface area contributed by atoms with Crippen LogP contribution >= 0.6 is 0 Å². The van der Waals surface area contributed by atoms with Crippen LogP contribution in [0.1, 0.15) is 0 Å². The summed E-state index contributed by atoms with van der Waals surface area (Å²) in [6.07, 6.45) is 1.75. The van der Waals surface area contributed by atoms with Gasteiger partial charge in [-0.2, -0.15) is 5.12 Å². The zero-order valence-corrected chi connectivity index (χ0v) is 9.19. The molecule has 0 unspecified atom stereocenters. The van der Waals surface area contributed by atoms with Crippen molar-refractivity contribution in [1.29, 1.82) is 0 Å². The molecule has 0 bridgehead atoms. The van der Waals surface area contributed by atoms with Crippen molar-refractivity contribution in [3.05, 3.63) is 60.7 Å². The molecule has 0 aliphatic carbocycles. The van der Waals surface area contributed by atoms with Gasteiger partial charge in [0.05, 0.1) is 11.4 Å². The number of para-hydroxylation sites is 2. The highest BCUT2D eigenvalue weighted by Crippen LogP contribution is 2.17. The van der Waals surface area contributed by atoms with Crippen LogP contribution < -0.4 is 15.7 Å². The summed E-state index contributed by atoms with van der Waals surface area (Å²) >= 11 is 0. The van der Waals surface area contributed by atoms with Crippen molar-refractivity contribution in [2.24, 2.45) is 5.10 Å². The predicted octanol–water partition coefficient (Wildman–Crippen LogP) is 2.38. The van der Waals surface area contributed by atoms with Crippen LogP contribution in [0.3, 0.4) is 0 Å². The highest BCUT2D eigenvalue weighted by molar-refractivity contribution is 5.81. The van der Waals surface area contributed by atoms with Gasteiger partial charge in [0, 0.05) is 0 Å². The van der Waals surface area contributed by atoms with Crippen LogP contribution in [0.5, 0.6) is 0 Å². The number of hydrogen-bond acceptors (Lipinski definition) is 4. The van der Waals surface area contributed by atoms with Crippen LogP contribution in [-0.4, -0.2) is 6.34 Å². The predicted molar refractivity (Wildman–Crippen MR) is 69.5 cm³/mol. The second-order valence-electron chi connectivity index (χ2n) is 3.68. The zero-order chi connectivity index (χ0) is 11.5. The molecule has 1 aliphatic rings. The SMILES string of the molecule is C1=NN(c2ccccc2)NN1c1ccccc1. The Kier molecular flexibility index (Phi) is 2.48. The Balaban J connectivity index is 1.78. The Bertz CT molecular complexity index is 462. The van der Waals surface area contributed by atoms with Gasteiger partial charge < -0.3 is 0 Å². The van der Waals surface area contributed by atoms with Gasteiger partial charge in [0.15, 0.2) is 0 Å². The van der Waals surface area contributed by atoms with E-state index in [2.05, 4.69) is 10.6 Å². The summed E-state index contributed by atoms with van der Waals surface area (Å²) in [5.74, 6) is 0. The molecule has 0 aromatic heterocycles. The summed E-state index contributed by atoms with van der Waals surface area (Å²) in [5, 5.41) is 7.88. The molecular weight excluding hydrogens is 212 g/mol. The largest absolute Gasteiger partial charge is 0.245 e. The molecule has 2 aromatic carbocycles. The molecule has 0 saturated heterocycles. The van der Waals surface area contributed by atoms with E-state index in [0.29, 0.717) is 0 Å². The Labute approximate surface area is 99.7 Å². The molecule has 3 rings (SSSR count). The molecule has 2 aromatic rings. The molecular formula is C13H12N4. The molecule has 0 atom stereocenters. The Morgan fingerprint density at radius 1 is 0.765 bits per heavy atom. The average Bonchev–Trinajstić information content (AvgIpc) is 2.90. The second kappa shape index (κ2) is 4.27. The maximum Gasteiger partial charge on any atom is 0.134 e. The first-order valence-corrected chi connectivity index (χ1v) is 5.43. The molecule has 0 saturated carbocycles. The monoisotopic (exact) mass is 224 g/mol. The van der Waals surface area contributed by atoms with Crippen molar-refractivity contribution in [2.45, 2.75) is 0 Å². The van der Waals surface area contributed by atoms with Gasteiger partial charge in [-0.05, 0) is 24.3 Å². The molecule has 1 aliphatic heterocycles. The van der Waals surface area contributed by atoms with Crippen LogP contribution in [0.15, 0.2) is 65.8 Å². The summed E-state index contributed by atoms with van der Waals surface area (Å²) in [4.78, 5) is 0. The van der Waals surface area contributed by atoms with Gasteiger partial charge >= 0.3 is 0 Å². The standard InChI is InChI=1S/C13H12N4/c1-3-7-12(8-4-1)16-11-14-17(15-16)13-9-5-2-6-10-13/h1-11,15H. The summed E-state index contributed by atoms with van der Waals surface area (Å²) in [5.41, 5.74) is 5.22. The van der Waals surface area contributed by atoms with E-state index < -0.39 is 0 Å². The van der Waals surface area contributed by atoms with Crippen LogP contribution in [0.4, 0.5) is 11.4 Å². The van der Waals surface area contributed by atoms with Crippen molar-refractivity contribution in [3.63, 3.8) is 0 Å². The average molecular weight is 224 g/mol. The minimum absolute atomic E-state index is 1.00. The van der Waals surface area contributed by atoms with Crippen LogP contribution in [-0.2, 0) is 0 Å². The molecule has 0 spiro atoms. The number of hydrogen-bond donors (Lipinski definition) is 1. The van der Waals surface area contributed by atoms with E-state index in [0.717, 1.165) is 11.4 Å². The van der Waals surface area contributed by atoms with E-state index in [1.165, 1.54) is 0 Å². The maximum absolute atomic E-state index is 4.29. The van der Waals surface area contributed by atoms with Crippen molar-refractivity contribution in [1.82, 2.24) is 5.53 Å². The lowest BCUT2D eigenvalue weighted by Gasteiger charge is -2.19. The van der Waals surface area contributed by atoms with E-state index in [-0.39, 0.29) is 0 Å². The van der Waals surface area contributed by atoms with Gasteiger partial charge in [-0.15, -0.1) is 10.6 Å². The molecule has 1 heterocycles. The Morgan fingerprint density at radius 3 is 2.00 bits per heavy atom. The first kappa shape index (κ1) is 9.86. The topological polar surface area (TPSA) is 30.9 Å². The molecule has 17 heavy (non-hydrogen) atoms. The van der Waals surface area contributed by atoms with Crippen LogP contribution in [0, 0.1) is 0 Å². The molecule has 4 heteroatoms. The molecule has 4 nitrogen and oxygen atoms in total. The van der Waals surface area contributed by atoms with Gasteiger partial charge in [0.2, 0.25) is 0 Å². The first-order chi connectivity index (χ1) is 8.43.